The molecular formula is C30H33N5O3S. The number of nitrogens with one attached hydrogen (secondary N) is 2. The van der Waals surface area contributed by atoms with Gasteiger partial charge in [0.15, 0.2) is 0 Å². The summed E-state index contributed by atoms with van der Waals surface area (Å²) >= 11 is 0. The molecule has 8 nitrogen and oxygen atoms in total. The molecule has 1 spiro atoms. The number of benzene rings is 3. The van der Waals surface area contributed by atoms with E-state index in [1.165, 1.54) is 42.1 Å². The maximum absolute atomic E-state index is 13.5. The van der Waals surface area contributed by atoms with E-state index < -0.39 is 10.0 Å². The van der Waals surface area contributed by atoms with Gasteiger partial charge in [-0.15, -0.1) is 0 Å². The monoisotopic (exact) mass is 543 g/mol. The molecule has 0 unspecified atom stereocenters. The number of urea groups is 1. The molecular weight excluding hydrogens is 510 g/mol. The van der Waals surface area contributed by atoms with Gasteiger partial charge in [0.1, 0.15) is 0 Å². The molecule has 3 aromatic carbocycles. The van der Waals surface area contributed by atoms with Crippen molar-refractivity contribution < 1.29 is 13.2 Å². The maximum atomic E-state index is 13.5. The van der Waals surface area contributed by atoms with Gasteiger partial charge in [0.2, 0.25) is 10.0 Å². The number of rotatable bonds is 5. The van der Waals surface area contributed by atoms with E-state index >= 15 is 0 Å². The number of amides is 2. The molecule has 0 radical (unpaired) electrons. The number of nitrogens with zero attached hydrogens (tertiary/aromatic N) is 3. The van der Waals surface area contributed by atoms with E-state index in [2.05, 4.69) is 52.4 Å². The van der Waals surface area contributed by atoms with E-state index in [4.69, 9.17) is 0 Å². The van der Waals surface area contributed by atoms with Gasteiger partial charge in [-0.25, -0.2) is 17.9 Å². The van der Waals surface area contributed by atoms with Crippen LogP contribution in [0.25, 0.3) is 22.0 Å². The Labute approximate surface area is 229 Å². The van der Waals surface area contributed by atoms with Gasteiger partial charge in [-0.2, -0.15) is 5.10 Å². The number of carbonyl (C=O) groups excluding carboxylic acids is 1. The first-order chi connectivity index (χ1) is 18.7. The Bertz CT molecular complexity index is 1690. The lowest BCUT2D eigenvalue weighted by Crippen LogP contribution is -2.41. The summed E-state index contributed by atoms with van der Waals surface area (Å²) in [4.78, 5) is 15.5. The van der Waals surface area contributed by atoms with Gasteiger partial charge in [-0.3, -0.25) is 9.58 Å². The molecule has 4 aromatic rings. The van der Waals surface area contributed by atoms with Crippen molar-refractivity contribution in [2.75, 3.05) is 18.5 Å². The fourth-order valence-electron chi connectivity index (χ4n) is 6.29. The molecule has 1 aliphatic carbocycles. The van der Waals surface area contributed by atoms with Crippen LogP contribution in [0.4, 0.5) is 10.5 Å². The number of sulfonamides is 1. The fourth-order valence-corrected chi connectivity index (χ4v) is 7.02. The number of anilines is 1. The van der Waals surface area contributed by atoms with E-state index in [9.17, 15) is 13.2 Å². The highest BCUT2D eigenvalue weighted by Crippen LogP contribution is 2.51. The van der Waals surface area contributed by atoms with Gasteiger partial charge in [0.25, 0.3) is 0 Å². The van der Waals surface area contributed by atoms with Crippen LogP contribution in [-0.2, 0) is 29.0 Å². The Balaban J connectivity index is 1.27. The molecule has 39 heavy (non-hydrogen) atoms. The zero-order valence-electron chi connectivity index (χ0n) is 22.5. The quantitative estimate of drug-likeness (QED) is 0.370. The van der Waals surface area contributed by atoms with Crippen molar-refractivity contribution in [2.24, 2.45) is 7.05 Å². The van der Waals surface area contributed by atoms with E-state index in [0.717, 1.165) is 35.0 Å². The summed E-state index contributed by atoms with van der Waals surface area (Å²) in [6, 6.07) is 17.4. The van der Waals surface area contributed by atoms with Crippen molar-refractivity contribution in [2.45, 2.75) is 49.5 Å². The van der Waals surface area contributed by atoms with Gasteiger partial charge in [0.05, 0.1) is 16.6 Å². The molecule has 0 bridgehead atoms. The first-order valence-corrected chi connectivity index (χ1v) is 14.8. The van der Waals surface area contributed by atoms with Crippen molar-refractivity contribution in [1.29, 1.82) is 0 Å². The van der Waals surface area contributed by atoms with Crippen LogP contribution in [0.15, 0.2) is 65.7 Å². The van der Waals surface area contributed by atoms with Gasteiger partial charge >= 0.3 is 6.03 Å². The SMILES string of the molecule is CNS(=O)(=O)c1ccc(CNC(=O)N2CC3(CCCC3)c3cc(-c4cc5cnn(C)c5cc4C)ccc32)cc1. The van der Waals surface area contributed by atoms with E-state index in [-0.39, 0.29) is 16.3 Å². The Hall–Kier alpha value is -3.69. The van der Waals surface area contributed by atoms with Crippen LogP contribution < -0.4 is 14.9 Å². The number of hydrogen-bond acceptors (Lipinski definition) is 4. The second-order valence-electron chi connectivity index (χ2n) is 10.8. The molecule has 1 aliphatic heterocycles. The van der Waals surface area contributed by atoms with Crippen molar-refractivity contribution in [3.8, 4) is 11.1 Å². The summed E-state index contributed by atoms with van der Waals surface area (Å²) in [6.07, 6.45) is 6.40. The predicted octanol–water partition coefficient (Wildman–Crippen LogP) is 5.00. The first kappa shape index (κ1) is 25.6. The Morgan fingerprint density at radius 3 is 2.51 bits per heavy atom. The standard InChI is InChI=1S/C30H33N5O3S/c1-20-14-28-23(18-33-34(28)3)15-25(20)22-8-11-27-26(16-22)30(12-4-5-13-30)19-35(27)29(36)32-17-21-6-9-24(10-7-21)39(37,38)31-2/h6-11,14-16,18,31H,4-5,12-13,17,19H2,1-3H3,(H,32,36). The third-order valence-electron chi connectivity index (χ3n) is 8.47. The fraction of sp³-hybridized carbons (Fsp3) is 0.333. The van der Waals surface area contributed by atoms with Gasteiger partial charge in [-0.1, -0.05) is 31.0 Å². The molecule has 1 fully saturated rings. The summed E-state index contributed by atoms with van der Waals surface area (Å²) in [6.45, 7) is 3.14. The third kappa shape index (κ3) is 4.39. The Morgan fingerprint density at radius 2 is 1.79 bits per heavy atom. The van der Waals surface area contributed by atoms with Gasteiger partial charge in [-0.05, 0) is 91.0 Å². The third-order valence-corrected chi connectivity index (χ3v) is 9.90. The minimum Gasteiger partial charge on any atom is -0.334 e. The van der Waals surface area contributed by atoms with Crippen LogP contribution in [0.1, 0.15) is 42.4 Å². The summed E-state index contributed by atoms with van der Waals surface area (Å²) in [5.41, 5.74) is 7.75. The Morgan fingerprint density at radius 1 is 1.05 bits per heavy atom. The molecule has 0 atom stereocenters. The van der Waals surface area contributed by atoms with Crippen LogP contribution >= 0.6 is 0 Å². The number of aryl methyl sites for hydroxylation is 2. The summed E-state index contributed by atoms with van der Waals surface area (Å²) in [7, 11) is -0.143. The normalized spacial score (nSPS) is 16.2. The van der Waals surface area contributed by atoms with Crippen molar-refractivity contribution >= 4 is 32.6 Å². The molecule has 6 rings (SSSR count). The minimum absolute atomic E-state index is 0.0157. The number of carbonyl (C=O) groups is 1. The maximum Gasteiger partial charge on any atom is 0.322 e. The average molecular weight is 544 g/mol. The van der Waals surface area contributed by atoms with Crippen LogP contribution in [0, 0.1) is 6.92 Å². The second kappa shape index (κ2) is 9.50. The predicted molar refractivity (Wildman–Crippen MR) is 153 cm³/mol. The largest absolute Gasteiger partial charge is 0.334 e. The molecule has 9 heteroatoms. The topological polar surface area (TPSA) is 96.3 Å². The van der Waals surface area contributed by atoms with Crippen molar-refractivity contribution in [3.63, 3.8) is 0 Å². The van der Waals surface area contributed by atoms with Crippen LogP contribution in [0.5, 0.6) is 0 Å². The first-order valence-electron chi connectivity index (χ1n) is 13.4. The molecule has 0 saturated heterocycles. The molecule has 1 aromatic heterocycles. The van der Waals surface area contributed by atoms with E-state index in [1.807, 2.05) is 22.8 Å². The molecule has 202 valence electrons. The highest BCUT2D eigenvalue weighted by molar-refractivity contribution is 7.89. The Kier molecular flexibility index (Phi) is 6.23. The average Bonchev–Trinajstić information content (AvgIpc) is 3.65. The summed E-state index contributed by atoms with van der Waals surface area (Å²) in [5, 5.41) is 8.58. The number of hydrogen-bond donors (Lipinski definition) is 2. The van der Waals surface area contributed by atoms with Gasteiger partial charge in [0, 0.05) is 36.6 Å². The van der Waals surface area contributed by atoms with Crippen LogP contribution in [0.2, 0.25) is 0 Å². The lowest BCUT2D eigenvalue weighted by molar-refractivity contribution is 0.245. The van der Waals surface area contributed by atoms with E-state index in [1.54, 1.807) is 24.3 Å². The molecule has 2 aliphatic rings. The summed E-state index contributed by atoms with van der Waals surface area (Å²) < 4.78 is 28.2. The molecule has 2 N–H and O–H groups in total. The van der Waals surface area contributed by atoms with Crippen molar-refractivity contribution in [1.82, 2.24) is 19.8 Å². The highest BCUT2D eigenvalue weighted by Gasteiger charge is 2.46. The number of aromatic nitrogens is 2. The minimum atomic E-state index is -3.49. The van der Waals surface area contributed by atoms with E-state index in [0.29, 0.717) is 13.1 Å². The van der Waals surface area contributed by atoms with Gasteiger partial charge < -0.3 is 5.32 Å². The van der Waals surface area contributed by atoms with Crippen LogP contribution in [-0.4, -0.2) is 37.8 Å². The molecule has 2 heterocycles. The molecule has 2 amide bonds. The smallest absolute Gasteiger partial charge is 0.322 e. The van der Waals surface area contributed by atoms with Crippen LogP contribution in [0.3, 0.4) is 0 Å². The highest BCUT2D eigenvalue weighted by atomic mass is 32.2. The second-order valence-corrected chi connectivity index (χ2v) is 12.7. The molecule has 1 saturated carbocycles. The lowest BCUT2D eigenvalue weighted by atomic mass is 9.79. The lowest BCUT2D eigenvalue weighted by Gasteiger charge is -2.25. The van der Waals surface area contributed by atoms with Crippen molar-refractivity contribution in [3.05, 3.63) is 77.5 Å². The summed E-state index contributed by atoms with van der Waals surface area (Å²) in [5.74, 6) is 0. The zero-order chi connectivity index (χ0) is 27.4. The zero-order valence-corrected chi connectivity index (χ0v) is 23.3. The number of fused-ring (bicyclic) bond motifs is 3.